The van der Waals surface area contributed by atoms with Crippen molar-refractivity contribution in [3.63, 3.8) is 0 Å². The number of likely N-dealkylation sites (tertiary alicyclic amines) is 2. The number of carbonyl (C=O) groups excluding carboxylic acids is 2. The normalized spacial score (nSPS) is 25.6. The van der Waals surface area contributed by atoms with Crippen LogP contribution in [0.5, 0.6) is 0 Å². The number of ether oxygens (including phenoxy) is 1. The molecule has 0 aromatic heterocycles. The van der Waals surface area contributed by atoms with Gasteiger partial charge < -0.3 is 14.5 Å². The molecule has 29 heavy (non-hydrogen) atoms. The average molecular weight is 400 g/mol. The molecule has 3 aliphatic rings. The van der Waals surface area contributed by atoms with Crippen LogP contribution >= 0.6 is 0 Å². The van der Waals surface area contributed by atoms with Crippen LogP contribution in [0.4, 0.5) is 0 Å². The van der Waals surface area contributed by atoms with Gasteiger partial charge in [-0.25, -0.2) is 4.79 Å². The Bertz CT molecular complexity index is 732. The molecule has 0 bridgehead atoms. The standard InChI is InChI=1S/C23H33N3O3/c1-29-23(28)21-14-18-8-3-4-9-19(18)15-26(21)22(27)17-25-13-7-10-20(25)16-24-11-5-2-6-12-24/h3-4,8-9,20-21H,2,5-7,10-17H2,1H3. The van der Waals surface area contributed by atoms with E-state index in [2.05, 4.69) is 15.9 Å². The zero-order valence-corrected chi connectivity index (χ0v) is 17.5. The molecule has 0 N–H and O–H groups in total. The quantitative estimate of drug-likeness (QED) is 0.710. The van der Waals surface area contributed by atoms with Gasteiger partial charge in [-0.15, -0.1) is 0 Å². The maximum absolute atomic E-state index is 13.3. The van der Waals surface area contributed by atoms with Gasteiger partial charge in [-0.1, -0.05) is 30.7 Å². The summed E-state index contributed by atoms with van der Waals surface area (Å²) in [5.41, 5.74) is 2.27. The molecule has 6 nitrogen and oxygen atoms in total. The van der Waals surface area contributed by atoms with Crippen molar-refractivity contribution < 1.29 is 14.3 Å². The minimum Gasteiger partial charge on any atom is -0.467 e. The number of esters is 1. The Morgan fingerprint density at radius 1 is 1.03 bits per heavy atom. The van der Waals surface area contributed by atoms with Crippen molar-refractivity contribution in [2.45, 2.75) is 57.2 Å². The van der Waals surface area contributed by atoms with Gasteiger partial charge in [-0.2, -0.15) is 0 Å². The number of carbonyl (C=O) groups is 2. The minimum atomic E-state index is -0.523. The Hall–Kier alpha value is -1.92. The summed E-state index contributed by atoms with van der Waals surface area (Å²) in [6, 6.07) is 8.01. The second-order valence-corrected chi connectivity index (χ2v) is 8.66. The van der Waals surface area contributed by atoms with Gasteiger partial charge in [0.15, 0.2) is 0 Å². The first-order valence-electron chi connectivity index (χ1n) is 11.1. The van der Waals surface area contributed by atoms with E-state index in [0.29, 0.717) is 25.6 Å². The molecule has 2 saturated heterocycles. The van der Waals surface area contributed by atoms with Crippen LogP contribution in [-0.4, -0.2) is 78.5 Å². The number of amides is 1. The number of nitrogens with zero attached hydrogens (tertiary/aromatic N) is 3. The van der Waals surface area contributed by atoms with E-state index in [4.69, 9.17) is 4.74 Å². The predicted octanol–water partition coefficient (Wildman–Crippen LogP) is 2.06. The molecular formula is C23H33N3O3. The van der Waals surface area contributed by atoms with Gasteiger partial charge in [-0.05, 0) is 56.4 Å². The molecule has 0 saturated carbocycles. The first kappa shape index (κ1) is 20.4. The Morgan fingerprint density at radius 2 is 1.79 bits per heavy atom. The van der Waals surface area contributed by atoms with Crippen molar-refractivity contribution in [3.8, 4) is 0 Å². The maximum atomic E-state index is 13.3. The molecule has 4 rings (SSSR count). The first-order valence-corrected chi connectivity index (χ1v) is 11.1. The van der Waals surface area contributed by atoms with Gasteiger partial charge in [0.05, 0.1) is 13.7 Å². The predicted molar refractivity (Wildman–Crippen MR) is 111 cm³/mol. The van der Waals surface area contributed by atoms with Gasteiger partial charge in [0.25, 0.3) is 0 Å². The summed E-state index contributed by atoms with van der Waals surface area (Å²) < 4.78 is 5.02. The third kappa shape index (κ3) is 4.64. The van der Waals surface area contributed by atoms with Crippen LogP contribution in [0.1, 0.15) is 43.2 Å². The van der Waals surface area contributed by atoms with Crippen molar-refractivity contribution >= 4 is 11.9 Å². The molecule has 1 amide bonds. The summed E-state index contributed by atoms with van der Waals surface area (Å²) in [7, 11) is 1.40. The molecule has 2 fully saturated rings. The zero-order valence-electron chi connectivity index (χ0n) is 17.5. The topological polar surface area (TPSA) is 53.1 Å². The summed E-state index contributed by atoms with van der Waals surface area (Å²) in [6.45, 7) is 5.29. The fourth-order valence-electron chi connectivity index (χ4n) is 5.15. The third-order valence-electron chi connectivity index (χ3n) is 6.80. The average Bonchev–Trinajstić information content (AvgIpc) is 3.19. The van der Waals surface area contributed by atoms with E-state index in [-0.39, 0.29) is 11.9 Å². The molecule has 0 aliphatic carbocycles. The molecule has 0 spiro atoms. The fourth-order valence-corrected chi connectivity index (χ4v) is 5.15. The summed E-state index contributed by atoms with van der Waals surface area (Å²) in [4.78, 5) is 32.4. The molecule has 2 unspecified atom stereocenters. The van der Waals surface area contributed by atoms with Crippen molar-refractivity contribution in [2.75, 3.05) is 39.8 Å². The van der Waals surface area contributed by atoms with Crippen LogP contribution in [0.2, 0.25) is 0 Å². The van der Waals surface area contributed by atoms with Crippen LogP contribution in [-0.2, 0) is 27.3 Å². The highest BCUT2D eigenvalue weighted by Crippen LogP contribution is 2.26. The van der Waals surface area contributed by atoms with E-state index < -0.39 is 6.04 Å². The lowest BCUT2D eigenvalue weighted by Crippen LogP contribution is -2.53. The van der Waals surface area contributed by atoms with Crippen molar-refractivity contribution in [1.82, 2.24) is 14.7 Å². The SMILES string of the molecule is COC(=O)C1Cc2ccccc2CN1C(=O)CN1CCCC1CN1CCCCC1. The van der Waals surface area contributed by atoms with Gasteiger partial charge in [0.1, 0.15) is 6.04 Å². The Morgan fingerprint density at radius 3 is 2.55 bits per heavy atom. The number of hydrogen-bond acceptors (Lipinski definition) is 5. The van der Waals surface area contributed by atoms with Gasteiger partial charge in [0, 0.05) is 25.6 Å². The van der Waals surface area contributed by atoms with E-state index in [0.717, 1.165) is 37.1 Å². The number of piperidine rings is 1. The Kier molecular flexibility index (Phi) is 6.50. The minimum absolute atomic E-state index is 0.0421. The second kappa shape index (κ2) is 9.26. The maximum Gasteiger partial charge on any atom is 0.328 e. The summed E-state index contributed by atoms with van der Waals surface area (Å²) in [5, 5.41) is 0. The van der Waals surface area contributed by atoms with E-state index in [1.165, 1.54) is 39.5 Å². The third-order valence-corrected chi connectivity index (χ3v) is 6.80. The lowest BCUT2D eigenvalue weighted by Gasteiger charge is -2.37. The summed E-state index contributed by atoms with van der Waals surface area (Å²) in [5.74, 6) is -0.278. The molecule has 3 aliphatic heterocycles. The van der Waals surface area contributed by atoms with E-state index in [9.17, 15) is 9.59 Å². The highest BCUT2D eigenvalue weighted by Gasteiger charge is 2.37. The molecular weight excluding hydrogens is 366 g/mol. The molecule has 1 aromatic rings. The van der Waals surface area contributed by atoms with Crippen LogP contribution in [0, 0.1) is 0 Å². The molecule has 0 radical (unpaired) electrons. The Balaban J connectivity index is 1.43. The highest BCUT2D eigenvalue weighted by molar-refractivity contribution is 5.86. The van der Waals surface area contributed by atoms with E-state index >= 15 is 0 Å². The number of benzene rings is 1. The second-order valence-electron chi connectivity index (χ2n) is 8.66. The fraction of sp³-hybridized carbons (Fsp3) is 0.652. The van der Waals surface area contributed by atoms with Crippen molar-refractivity contribution in [3.05, 3.63) is 35.4 Å². The summed E-state index contributed by atoms with van der Waals surface area (Å²) >= 11 is 0. The van der Waals surface area contributed by atoms with Crippen LogP contribution in [0.3, 0.4) is 0 Å². The molecule has 3 heterocycles. The first-order chi connectivity index (χ1) is 14.2. The van der Waals surface area contributed by atoms with E-state index in [1.54, 1.807) is 4.90 Å². The lowest BCUT2D eigenvalue weighted by atomic mass is 9.94. The van der Waals surface area contributed by atoms with Crippen LogP contribution in [0.15, 0.2) is 24.3 Å². The lowest BCUT2D eigenvalue weighted by molar-refractivity contribution is -0.154. The van der Waals surface area contributed by atoms with Crippen molar-refractivity contribution in [1.29, 1.82) is 0 Å². The number of hydrogen-bond donors (Lipinski definition) is 0. The highest BCUT2D eigenvalue weighted by atomic mass is 16.5. The zero-order chi connectivity index (χ0) is 20.2. The smallest absolute Gasteiger partial charge is 0.328 e. The molecule has 158 valence electrons. The van der Waals surface area contributed by atoms with E-state index in [1.807, 2.05) is 18.2 Å². The van der Waals surface area contributed by atoms with Gasteiger partial charge in [0.2, 0.25) is 5.91 Å². The molecule has 6 heteroatoms. The summed E-state index contributed by atoms with van der Waals surface area (Å²) in [6.07, 6.45) is 6.77. The van der Waals surface area contributed by atoms with Crippen LogP contribution < -0.4 is 0 Å². The largest absolute Gasteiger partial charge is 0.467 e. The van der Waals surface area contributed by atoms with Gasteiger partial charge in [-0.3, -0.25) is 9.69 Å². The monoisotopic (exact) mass is 399 g/mol. The molecule has 1 aromatic carbocycles. The van der Waals surface area contributed by atoms with Crippen LogP contribution in [0.25, 0.3) is 0 Å². The number of fused-ring (bicyclic) bond motifs is 1. The van der Waals surface area contributed by atoms with Gasteiger partial charge >= 0.3 is 5.97 Å². The number of rotatable bonds is 5. The number of methoxy groups -OCH3 is 1. The molecule has 2 atom stereocenters. The van der Waals surface area contributed by atoms with Crippen molar-refractivity contribution in [2.24, 2.45) is 0 Å². The Labute approximate surface area is 173 Å².